The minimum absolute atomic E-state index is 0.175. The van der Waals surface area contributed by atoms with Crippen LogP contribution in [0.25, 0.3) is 0 Å². The molecule has 0 saturated carbocycles. The zero-order valence-corrected chi connectivity index (χ0v) is 11.6. The second-order valence-electron chi connectivity index (χ2n) is 4.48. The molecule has 1 aliphatic rings. The largest absolute Gasteiger partial charge is 0.380 e. The average Bonchev–Trinajstić information content (AvgIpc) is 2.35. The molecule has 1 aromatic carbocycles. The van der Waals surface area contributed by atoms with E-state index in [4.69, 9.17) is 0 Å². The van der Waals surface area contributed by atoms with E-state index in [1.54, 1.807) is 6.07 Å². The van der Waals surface area contributed by atoms with Crippen LogP contribution in [0.1, 0.15) is 19.8 Å². The first-order valence-corrected chi connectivity index (χ1v) is 6.92. The lowest BCUT2D eigenvalue weighted by atomic mass is 10.0. The van der Waals surface area contributed by atoms with Crippen molar-refractivity contribution in [1.29, 1.82) is 0 Å². The van der Waals surface area contributed by atoms with E-state index in [1.165, 1.54) is 6.07 Å². The predicted octanol–water partition coefficient (Wildman–Crippen LogP) is 3.48. The standard InChI is InChI=1S/C13H18BrFN2/c1-2-17-7-5-11(6-8-17)16-13-9-10(14)3-4-12(13)15/h3-4,9,11,16H,2,5-8H2,1H3. The zero-order valence-electron chi connectivity index (χ0n) is 10.0. The summed E-state index contributed by atoms with van der Waals surface area (Å²) in [6.45, 7) is 5.49. The molecule has 0 aliphatic carbocycles. The highest BCUT2D eigenvalue weighted by atomic mass is 79.9. The van der Waals surface area contributed by atoms with Crippen molar-refractivity contribution in [2.75, 3.05) is 25.0 Å². The van der Waals surface area contributed by atoms with Gasteiger partial charge in [-0.25, -0.2) is 4.39 Å². The van der Waals surface area contributed by atoms with E-state index in [0.29, 0.717) is 11.7 Å². The molecule has 1 aliphatic heterocycles. The molecule has 1 aromatic rings. The molecule has 0 bridgehead atoms. The summed E-state index contributed by atoms with van der Waals surface area (Å²) < 4.78 is 14.5. The average molecular weight is 301 g/mol. The van der Waals surface area contributed by atoms with Gasteiger partial charge in [0.15, 0.2) is 0 Å². The number of piperidine rings is 1. The highest BCUT2D eigenvalue weighted by Gasteiger charge is 2.18. The van der Waals surface area contributed by atoms with Crippen molar-refractivity contribution in [2.45, 2.75) is 25.8 Å². The molecule has 4 heteroatoms. The molecular formula is C13H18BrFN2. The topological polar surface area (TPSA) is 15.3 Å². The fraction of sp³-hybridized carbons (Fsp3) is 0.538. The molecule has 0 amide bonds. The van der Waals surface area contributed by atoms with Gasteiger partial charge in [-0.05, 0) is 37.6 Å². The van der Waals surface area contributed by atoms with Gasteiger partial charge < -0.3 is 10.2 Å². The maximum absolute atomic E-state index is 13.6. The Morgan fingerprint density at radius 1 is 1.41 bits per heavy atom. The molecule has 0 spiro atoms. The van der Waals surface area contributed by atoms with Crippen LogP contribution in [0.2, 0.25) is 0 Å². The zero-order chi connectivity index (χ0) is 12.3. The SMILES string of the molecule is CCN1CCC(Nc2cc(Br)ccc2F)CC1. The molecule has 2 rings (SSSR count). The Morgan fingerprint density at radius 2 is 2.12 bits per heavy atom. The maximum Gasteiger partial charge on any atom is 0.146 e. The summed E-state index contributed by atoms with van der Waals surface area (Å²) in [4.78, 5) is 2.43. The van der Waals surface area contributed by atoms with Gasteiger partial charge in [-0.1, -0.05) is 22.9 Å². The second kappa shape index (κ2) is 5.83. The minimum atomic E-state index is -0.175. The lowest BCUT2D eigenvalue weighted by molar-refractivity contribution is 0.229. The van der Waals surface area contributed by atoms with E-state index in [2.05, 4.69) is 33.1 Å². The number of anilines is 1. The second-order valence-corrected chi connectivity index (χ2v) is 5.39. The molecule has 0 unspecified atom stereocenters. The number of halogens is 2. The Kier molecular flexibility index (Phi) is 4.40. The molecular weight excluding hydrogens is 283 g/mol. The van der Waals surface area contributed by atoms with Crippen LogP contribution in [0.15, 0.2) is 22.7 Å². The van der Waals surface area contributed by atoms with Crippen LogP contribution < -0.4 is 5.32 Å². The van der Waals surface area contributed by atoms with Crippen LogP contribution in [-0.2, 0) is 0 Å². The minimum Gasteiger partial charge on any atom is -0.380 e. The van der Waals surface area contributed by atoms with Crippen molar-refractivity contribution in [1.82, 2.24) is 4.90 Å². The van der Waals surface area contributed by atoms with Crippen LogP contribution >= 0.6 is 15.9 Å². The van der Waals surface area contributed by atoms with Gasteiger partial charge in [0.1, 0.15) is 5.82 Å². The van der Waals surface area contributed by atoms with Crippen molar-refractivity contribution >= 4 is 21.6 Å². The van der Waals surface area contributed by atoms with Gasteiger partial charge in [-0.15, -0.1) is 0 Å². The lowest BCUT2D eigenvalue weighted by Crippen LogP contribution is -2.38. The summed E-state index contributed by atoms with van der Waals surface area (Å²) in [6, 6.07) is 5.41. The van der Waals surface area contributed by atoms with Gasteiger partial charge in [-0.2, -0.15) is 0 Å². The Morgan fingerprint density at radius 3 is 2.76 bits per heavy atom. The first-order chi connectivity index (χ1) is 8.19. The molecule has 1 fully saturated rings. The molecule has 94 valence electrons. The predicted molar refractivity (Wildman–Crippen MR) is 72.9 cm³/mol. The molecule has 2 nitrogen and oxygen atoms in total. The Hall–Kier alpha value is -0.610. The van der Waals surface area contributed by atoms with Crippen LogP contribution in [0, 0.1) is 5.82 Å². The monoisotopic (exact) mass is 300 g/mol. The molecule has 0 aromatic heterocycles. The number of hydrogen-bond acceptors (Lipinski definition) is 2. The van der Waals surface area contributed by atoms with Gasteiger partial charge in [0, 0.05) is 23.6 Å². The molecule has 17 heavy (non-hydrogen) atoms. The third-order valence-electron chi connectivity index (χ3n) is 3.32. The summed E-state index contributed by atoms with van der Waals surface area (Å²) in [5.41, 5.74) is 0.606. The first-order valence-electron chi connectivity index (χ1n) is 6.13. The highest BCUT2D eigenvalue weighted by Crippen LogP contribution is 2.23. The summed E-state index contributed by atoms with van der Waals surface area (Å²) in [5.74, 6) is -0.175. The van der Waals surface area contributed by atoms with Crippen molar-refractivity contribution < 1.29 is 4.39 Å². The van der Waals surface area contributed by atoms with Gasteiger partial charge in [0.25, 0.3) is 0 Å². The number of hydrogen-bond donors (Lipinski definition) is 1. The lowest BCUT2D eigenvalue weighted by Gasteiger charge is -2.32. The summed E-state index contributed by atoms with van der Waals surface area (Å²) >= 11 is 3.37. The number of rotatable bonds is 3. The maximum atomic E-state index is 13.6. The quantitative estimate of drug-likeness (QED) is 0.919. The van der Waals surface area contributed by atoms with Crippen molar-refractivity contribution in [3.05, 3.63) is 28.5 Å². The Balaban J connectivity index is 1.95. The Labute approximate surface area is 110 Å². The first kappa shape index (κ1) is 12.8. The van der Waals surface area contributed by atoms with Gasteiger partial charge >= 0.3 is 0 Å². The summed E-state index contributed by atoms with van der Waals surface area (Å²) in [7, 11) is 0. The smallest absolute Gasteiger partial charge is 0.146 e. The third-order valence-corrected chi connectivity index (χ3v) is 3.82. The van der Waals surface area contributed by atoms with Crippen LogP contribution in [0.4, 0.5) is 10.1 Å². The summed E-state index contributed by atoms with van der Waals surface area (Å²) in [6.07, 6.45) is 2.17. The van der Waals surface area contributed by atoms with Gasteiger partial charge in [-0.3, -0.25) is 0 Å². The number of nitrogens with zero attached hydrogens (tertiary/aromatic N) is 1. The van der Waals surface area contributed by atoms with Crippen molar-refractivity contribution in [3.8, 4) is 0 Å². The van der Waals surface area contributed by atoms with E-state index in [1.807, 2.05) is 6.07 Å². The highest BCUT2D eigenvalue weighted by molar-refractivity contribution is 9.10. The van der Waals surface area contributed by atoms with E-state index in [9.17, 15) is 4.39 Å². The fourth-order valence-corrected chi connectivity index (χ4v) is 2.58. The molecule has 1 saturated heterocycles. The van der Waals surface area contributed by atoms with E-state index < -0.39 is 0 Å². The van der Waals surface area contributed by atoms with Gasteiger partial charge in [0.2, 0.25) is 0 Å². The van der Waals surface area contributed by atoms with Crippen molar-refractivity contribution in [3.63, 3.8) is 0 Å². The molecule has 1 heterocycles. The fourth-order valence-electron chi connectivity index (χ4n) is 2.22. The number of likely N-dealkylation sites (tertiary alicyclic amines) is 1. The Bertz CT molecular complexity index is 376. The third kappa shape index (κ3) is 3.42. The molecule has 0 atom stereocenters. The van der Waals surface area contributed by atoms with Gasteiger partial charge in [0.05, 0.1) is 5.69 Å². The number of benzene rings is 1. The summed E-state index contributed by atoms with van der Waals surface area (Å²) in [5, 5.41) is 3.30. The van der Waals surface area contributed by atoms with Crippen LogP contribution in [-0.4, -0.2) is 30.6 Å². The number of nitrogens with one attached hydrogen (secondary N) is 1. The van der Waals surface area contributed by atoms with E-state index in [0.717, 1.165) is 36.9 Å². The van der Waals surface area contributed by atoms with E-state index in [-0.39, 0.29) is 5.82 Å². The normalized spacial score (nSPS) is 18.3. The van der Waals surface area contributed by atoms with E-state index >= 15 is 0 Å². The van der Waals surface area contributed by atoms with Crippen LogP contribution in [0.5, 0.6) is 0 Å². The van der Waals surface area contributed by atoms with Crippen molar-refractivity contribution in [2.24, 2.45) is 0 Å². The molecule has 0 radical (unpaired) electrons. The molecule has 1 N–H and O–H groups in total. The van der Waals surface area contributed by atoms with Crippen LogP contribution in [0.3, 0.4) is 0 Å².